The first kappa shape index (κ1) is 26.0. The van der Waals surface area contributed by atoms with Crippen molar-refractivity contribution in [1.82, 2.24) is 15.6 Å². The summed E-state index contributed by atoms with van der Waals surface area (Å²) >= 11 is 4.64. The third-order valence-corrected chi connectivity index (χ3v) is 5.37. The van der Waals surface area contributed by atoms with E-state index in [0.717, 1.165) is 10.9 Å². The predicted octanol–water partition coefficient (Wildman–Crippen LogP) is 3.29. The minimum Gasteiger partial charge on any atom is -0.462 e. The van der Waals surface area contributed by atoms with E-state index in [1.165, 1.54) is 17.2 Å². The quantitative estimate of drug-likeness (QED) is 0.453. The van der Waals surface area contributed by atoms with Crippen LogP contribution in [0.4, 0.5) is 5.69 Å². The van der Waals surface area contributed by atoms with Crippen LogP contribution in [0.1, 0.15) is 27.8 Å². The van der Waals surface area contributed by atoms with Gasteiger partial charge >= 0.3 is 5.97 Å². The maximum atomic E-state index is 13.0. The predicted molar refractivity (Wildman–Crippen MR) is 129 cm³/mol. The van der Waals surface area contributed by atoms with Gasteiger partial charge in [-0.15, -0.1) is 11.6 Å². The summed E-state index contributed by atoms with van der Waals surface area (Å²) in [6.45, 7) is 3.75. The topological polar surface area (TPSA) is 120 Å². The van der Waals surface area contributed by atoms with Gasteiger partial charge in [0.05, 0.1) is 24.1 Å². The third kappa shape index (κ3) is 5.04. The van der Waals surface area contributed by atoms with E-state index in [0.29, 0.717) is 37.6 Å². The lowest BCUT2D eigenvalue weighted by molar-refractivity contribution is 0.0523. The highest BCUT2D eigenvalue weighted by molar-refractivity contribution is 6.15. The molecule has 0 atom stereocenters. The van der Waals surface area contributed by atoms with E-state index in [4.69, 9.17) is 9.15 Å². The zero-order valence-electron chi connectivity index (χ0n) is 19.0. The van der Waals surface area contributed by atoms with Crippen LogP contribution in [0, 0.1) is 0 Å². The molecule has 0 aliphatic carbocycles. The number of amides is 1. The summed E-state index contributed by atoms with van der Waals surface area (Å²) in [5, 5.41) is 0.800. The van der Waals surface area contributed by atoms with Crippen LogP contribution in [-0.2, 0) is 11.8 Å². The zero-order chi connectivity index (χ0) is 23.3. The number of alkyl halides is 1. The maximum absolute atomic E-state index is 13.0. The normalized spacial score (nSPS) is 13.1. The van der Waals surface area contributed by atoms with Crippen LogP contribution in [0.3, 0.4) is 0 Å². The van der Waals surface area contributed by atoms with Crippen molar-refractivity contribution in [3.05, 3.63) is 64.3 Å². The number of aryl methyl sites for hydroxylation is 1. The Bertz CT molecular complexity index is 1150. The van der Waals surface area contributed by atoms with Crippen molar-refractivity contribution in [2.45, 2.75) is 6.92 Å². The number of carbonyl (C=O) groups is 2. The molecule has 1 aliphatic heterocycles. The van der Waals surface area contributed by atoms with Gasteiger partial charge in [0.1, 0.15) is 5.56 Å². The van der Waals surface area contributed by atoms with E-state index in [2.05, 4.69) is 11.6 Å². The minimum absolute atomic E-state index is 0. The SMILES string of the molecule is CCOC(=O)c1c(N2CCN(C(=O)c3ccco3)CC2)c2ccccc2n(C)c1=O.CCl.N. The number of piperazine rings is 1. The van der Waals surface area contributed by atoms with Gasteiger partial charge in [-0.05, 0) is 25.1 Å². The molecule has 1 aliphatic rings. The number of ether oxygens (including phenoxy) is 1. The lowest BCUT2D eigenvalue weighted by atomic mass is 10.1. The van der Waals surface area contributed by atoms with Crippen LogP contribution >= 0.6 is 11.6 Å². The summed E-state index contributed by atoms with van der Waals surface area (Å²) in [5.41, 5.74) is 0.942. The molecule has 1 fully saturated rings. The van der Waals surface area contributed by atoms with Gasteiger partial charge in [-0.3, -0.25) is 9.59 Å². The molecule has 0 bridgehead atoms. The molecule has 1 saturated heterocycles. The molecule has 10 heteroatoms. The number of hydrogen-bond acceptors (Lipinski definition) is 7. The van der Waals surface area contributed by atoms with Crippen molar-refractivity contribution in [2.24, 2.45) is 7.05 Å². The number of para-hydroxylation sites is 1. The first-order chi connectivity index (χ1) is 15.5. The Labute approximate surface area is 197 Å². The highest BCUT2D eigenvalue weighted by Crippen LogP contribution is 2.30. The highest BCUT2D eigenvalue weighted by atomic mass is 35.5. The van der Waals surface area contributed by atoms with E-state index in [1.54, 1.807) is 31.0 Å². The van der Waals surface area contributed by atoms with Crippen LogP contribution in [0.15, 0.2) is 51.9 Å². The summed E-state index contributed by atoms with van der Waals surface area (Å²) in [7, 11) is 1.65. The third-order valence-electron chi connectivity index (χ3n) is 5.37. The molecule has 3 N–H and O–H groups in total. The number of pyridine rings is 1. The Morgan fingerprint density at radius 2 is 1.73 bits per heavy atom. The largest absolute Gasteiger partial charge is 0.462 e. The number of hydrogen-bond donors (Lipinski definition) is 1. The number of rotatable bonds is 4. The van der Waals surface area contributed by atoms with E-state index < -0.39 is 11.5 Å². The molecule has 1 aromatic carbocycles. The molecule has 3 aromatic rings. The van der Waals surface area contributed by atoms with Crippen LogP contribution in [0.5, 0.6) is 0 Å². The lowest BCUT2D eigenvalue weighted by Gasteiger charge is -2.37. The van der Waals surface area contributed by atoms with Gasteiger partial charge in [0.2, 0.25) is 0 Å². The summed E-state index contributed by atoms with van der Waals surface area (Å²) in [6.07, 6.45) is 2.95. The number of furan rings is 1. The second-order valence-electron chi connectivity index (χ2n) is 7.08. The van der Waals surface area contributed by atoms with E-state index in [1.807, 2.05) is 29.2 Å². The number of anilines is 1. The summed E-state index contributed by atoms with van der Waals surface area (Å²) in [6, 6.07) is 10.8. The van der Waals surface area contributed by atoms with Crippen molar-refractivity contribution in [2.75, 3.05) is 44.1 Å². The molecule has 0 spiro atoms. The van der Waals surface area contributed by atoms with E-state index >= 15 is 0 Å². The summed E-state index contributed by atoms with van der Waals surface area (Å²) < 4.78 is 11.9. The van der Waals surface area contributed by atoms with Crippen LogP contribution in [0.25, 0.3) is 10.9 Å². The number of carbonyl (C=O) groups excluding carboxylic acids is 2. The van der Waals surface area contributed by atoms with Crippen LogP contribution in [-0.4, -0.2) is 60.5 Å². The molecule has 1 amide bonds. The highest BCUT2D eigenvalue weighted by Gasteiger charge is 2.30. The molecule has 3 heterocycles. The number of esters is 1. The molecule has 9 nitrogen and oxygen atoms in total. The van der Waals surface area contributed by atoms with Crippen molar-refractivity contribution in [3.8, 4) is 0 Å². The van der Waals surface area contributed by atoms with Gasteiger partial charge in [0.15, 0.2) is 5.76 Å². The molecule has 2 aromatic heterocycles. The first-order valence-electron chi connectivity index (χ1n) is 10.3. The fourth-order valence-electron chi connectivity index (χ4n) is 3.88. The standard InChI is InChI=1S/C22H23N3O5.CH3Cl.H3N/c1-3-29-22(28)18-19(15-7-4-5-8-16(15)23(2)21(18)27)24-10-12-25(13-11-24)20(26)17-9-6-14-30-17;1-2;/h4-9,14H,3,10-13H2,1-2H3;1H3;1H3. The van der Waals surface area contributed by atoms with Crippen molar-refractivity contribution < 1.29 is 18.7 Å². The molecule has 33 heavy (non-hydrogen) atoms. The number of halogens is 1. The molecule has 0 saturated carbocycles. The number of fused-ring (bicyclic) bond motifs is 1. The van der Waals surface area contributed by atoms with Crippen molar-refractivity contribution >= 4 is 40.1 Å². The molecule has 0 unspecified atom stereocenters. The Hall–Kier alpha value is -3.30. The van der Waals surface area contributed by atoms with Gasteiger partial charge in [0.25, 0.3) is 11.5 Å². The zero-order valence-corrected chi connectivity index (χ0v) is 19.8. The van der Waals surface area contributed by atoms with Gasteiger partial charge in [-0.25, -0.2) is 4.79 Å². The number of aromatic nitrogens is 1. The maximum Gasteiger partial charge on any atom is 0.345 e. The van der Waals surface area contributed by atoms with Crippen molar-refractivity contribution in [1.29, 1.82) is 0 Å². The molecule has 4 rings (SSSR count). The summed E-state index contributed by atoms with van der Waals surface area (Å²) in [4.78, 5) is 42.0. The minimum atomic E-state index is -0.632. The Kier molecular flexibility index (Phi) is 9.07. The Balaban J connectivity index is 0.00000125. The van der Waals surface area contributed by atoms with Crippen LogP contribution in [0.2, 0.25) is 0 Å². The second-order valence-corrected chi connectivity index (χ2v) is 7.08. The Morgan fingerprint density at radius 3 is 2.33 bits per heavy atom. The lowest BCUT2D eigenvalue weighted by Crippen LogP contribution is -2.49. The van der Waals surface area contributed by atoms with Gasteiger partial charge in [-0.2, -0.15) is 0 Å². The number of nitrogens with zero attached hydrogens (tertiary/aromatic N) is 3. The average molecular weight is 477 g/mol. The monoisotopic (exact) mass is 476 g/mol. The molecule has 0 radical (unpaired) electrons. The smallest absolute Gasteiger partial charge is 0.345 e. The summed E-state index contributed by atoms with van der Waals surface area (Å²) in [5.74, 6) is -0.498. The van der Waals surface area contributed by atoms with E-state index in [9.17, 15) is 14.4 Å². The Morgan fingerprint density at radius 1 is 1.06 bits per heavy atom. The molecular formula is C23H29ClN4O5. The van der Waals surface area contributed by atoms with Gasteiger partial charge in [0, 0.05) is 45.0 Å². The van der Waals surface area contributed by atoms with Gasteiger partial charge < -0.3 is 29.7 Å². The number of benzene rings is 1. The van der Waals surface area contributed by atoms with Crippen molar-refractivity contribution in [3.63, 3.8) is 0 Å². The molecule has 178 valence electrons. The average Bonchev–Trinajstić information content (AvgIpc) is 3.37. The van der Waals surface area contributed by atoms with E-state index in [-0.39, 0.29) is 24.2 Å². The second kappa shape index (κ2) is 11.5. The van der Waals surface area contributed by atoms with Gasteiger partial charge in [-0.1, -0.05) is 18.2 Å². The molecular weight excluding hydrogens is 448 g/mol. The van der Waals surface area contributed by atoms with Crippen LogP contribution < -0.4 is 16.6 Å². The fraction of sp³-hybridized carbons (Fsp3) is 0.348. The fourth-order valence-corrected chi connectivity index (χ4v) is 3.88. The first-order valence-corrected chi connectivity index (χ1v) is 11.0.